The largest absolute Gasteiger partial charge is 0.496 e. The maximum absolute atomic E-state index is 6.03. The number of methoxy groups -OCH3 is 1. The zero-order valence-electron chi connectivity index (χ0n) is 11.9. The highest BCUT2D eigenvalue weighted by Gasteiger charge is 2.22. The van der Waals surface area contributed by atoms with Gasteiger partial charge >= 0.3 is 0 Å². The number of benzene rings is 1. The van der Waals surface area contributed by atoms with E-state index in [9.17, 15) is 0 Å². The molecule has 2 aromatic rings. The maximum Gasteiger partial charge on any atom is 0.125 e. The highest BCUT2D eigenvalue weighted by molar-refractivity contribution is 6.30. The molecule has 0 aliphatic carbocycles. The third-order valence-corrected chi connectivity index (χ3v) is 3.81. The summed E-state index contributed by atoms with van der Waals surface area (Å²) in [6.45, 7) is 2.19. The van der Waals surface area contributed by atoms with E-state index in [1.165, 1.54) is 5.56 Å². The van der Waals surface area contributed by atoms with Gasteiger partial charge in [-0.2, -0.15) is 0 Å². The maximum atomic E-state index is 6.03. The van der Waals surface area contributed by atoms with Crippen molar-refractivity contribution in [3.8, 4) is 5.75 Å². The van der Waals surface area contributed by atoms with Crippen LogP contribution in [0.2, 0.25) is 5.02 Å². The fourth-order valence-corrected chi connectivity index (χ4v) is 2.64. The molecule has 0 aliphatic heterocycles. The van der Waals surface area contributed by atoms with Crippen molar-refractivity contribution in [2.24, 2.45) is 0 Å². The summed E-state index contributed by atoms with van der Waals surface area (Å²) < 4.78 is 5.46. The van der Waals surface area contributed by atoms with Gasteiger partial charge in [0.15, 0.2) is 0 Å². The summed E-state index contributed by atoms with van der Waals surface area (Å²) in [5.74, 6) is 1.09. The van der Waals surface area contributed by atoms with Crippen LogP contribution in [-0.2, 0) is 0 Å². The zero-order chi connectivity index (χ0) is 14.5. The highest BCUT2D eigenvalue weighted by Crippen LogP contribution is 2.36. The van der Waals surface area contributed by atoms with E-state index in [1.54, 1.807) is 7.11 Å². The van der Waals surface area contributed by atoms with Crippen molar-refractivity contribution in [2.45, 2.75) is 18.9 Å². The number of hydrogen-bond donors (Lipinski definition) is 1. The number of halogens is 1. The van der Waals surface area contributed by atoms with Gasteiger partial charge in [-0.3, -0.25) is 4.98 Å². The molecule has 1 aromatic carbocycles. The first kappa shape index (κ1) is 14.8. The fraction of sp³-hybridized carbons (Fsp3) is 0.312. The summed E-state index contributed by atoms with van der Waals surface area (Å²) in [5, 5.41) is 4.05. The number of pyridine rings is 1. The predicted octanol–water partition coefficient (Wildman–Crippen LogP) is 3.81. The fourth-order valence-electron chi connectivity index (χ4n) is 2.48. The Bertz CT molecular complexity index is 560. The molecule has 4 heteroatoms. The molecule has 2 unspecified atom stereocenters. The Morgan fingerprint density at radius 2 is 1.90 bits per heavy atom. The molecule has 0 radical (unpaired) electrons. The third kappa shape index (κ3) is 3.11. The van der Waals surface area contributed by atoms with Crippen LogP contribution in [0.5, 0.6) is 5.75 Å². The van der Waals surface area contributed by atoms with Gasteiger partial charge in [0.1, 0.15) is 5.75 Å². The van der Waals surface area contributed by atoms with Gasteiger partial charge < -0.3 is 10.1 Å². The Labute approximate surface area is 124 Å². The van der Waals surface area contributed by atoms with Crippen molar-refractivity contribution in [3.63, 3.8) is 0 Å². The van der Waals surface area contributed by atoms with E-state index in [4.69, 9.17) is 16.3 Å². The third-order valence-electron chi connectivity index (χ3n) is 3.57. The monoisotopic (exact) mass is 290 g/mol. The first-order valence-corrected chi connectivity index (χ1v) is 6.95. The van der Waals surface area contributed by atoms with Gasteiger partial charge in [0.2, 0.25) is 0 Å². The van der Waals surface area contributed by atoms with Gasteiger partial charge in [0, 0.05) is 34.9 Å². The lowest BCUT2D eigenvalue weighted by molar-refractivity contribution is 0.394. The Morgan fingerprint density at radius 1 is 1.20 bits per heavy atom. The Hall–Kier alpha value is -1.58. The molecular formula is C16H19ClN2O. The van der Waals surface area contributed by atoms with Crippen LogP contribution in [0.15, 0.2) is 42.7 Å². The molecule has 2 atom stereocenters. The average molecular weight is 291 g/mol. The van der Waals surface area contributed by atoms with E-state index in [-0.39, 0.29) is 12.0 Å². The lowest BCUT2D eigenvalue weighted by atomic mass is 9.88. The van der Waals surface area contributed by atoms with Crippen LogP contribution in [-0.4, -0.2) is 19.1 Å². The molecule has 0 spiro atoms. The van der Waals surface area contributed by atoms with Crippen molar-refractivity contribution in [1.29, 1.82) is 0 Å². The molecular weight excluding hydrogens is 272 g/mol. The second kappa shape index (κ2) is 6.73. The van der Waals surface area contributed by atoms with Crippen molar-refractivity contribution in [1.82, 2.24) is 10.3 Å². The number of nitrogens with one attached hydrogen (secondary N) is 1. The van der Waals surface area contributed by atoms with E-state index < -0.39 is 0 Å². The summed E-state index contributed by atoms with van der Waals surface area (Å²) in [6.07, 6.45) is 3.63. The van der Waals surface area contributed by atoms with Crippen molar-refractivity contribution >= 4 is 11.6 Å². The van der Waals surface area contributed by atoms with E-state index in [2.05, 4.69) is 17.2 Å². The molecule has 1 N–H and O–H groups in total. The van der Waals surface area contributed by atoms with Gasteiger partial charge in [-0.05, 0) is 36.9 Å². The van der Waals surface area contributed by atoms with Crippen molar-refractivity contribution in [3.05, 3.63) is 58.9 Å². The van der Waals surface area contributed by atoms with Gasteiger partial charge in [-0.1, -0.05) is 24.6 Å². The topological polar surface area (TPSA) is 34.1 Å². The lowest BCUT2D eigenvalue weighted by Crippen LogP contribution is -2.23. The first-order valence-electron chi connectivity index (χ1n) is 6.58. The molecule has 0 saturated heterocycles. The molecule has 0 fully saturated rings. The molecule has 2 rings (SSSR count). The van der Waals surface area contributed by atoms with Crippen molar-refractivity contribution < 1.29 is 4.74 Å². The molecule has 20 heavy (non-hydrogen) atoms. The van der Waals surface area contributed by atoms with Crippen LogP contribution >= 0.6 is 11.6 Å². The summed E-state index contributed by atoms with van der Waals surface area (Å²) in [4.78, 5) is 4.07. The summed E-state index contributed by atoms with van der Waals surface area (Å²) >= 11 is 6.03. The van der Waals surface area contributed by atoms with Crippen LogP contribution in [0.25, 0.3) is 0 Å². The number of aromatic nitrogens is 1. The van der Waals surface area contributed by atoms with E-state index >= 15 is 0 Å². The zero-order valence-corrected chi connectivity index (χ0v) is 12.7. The number of likely N-dealkylation sites (N-methyl/N-ethyl adjacent to an activating group) is 1. The number of rotatable bonds is 5. The molecule has 1 heterocycles. The number of hydrogen-bond acceptors (Lipinski definition) is 3. The van der Waals surface area contributed by atoms with E-state index in [0.29, 0.717) is 5.02 Å². The van der Waals surface area contributed by atoms with Gasteiger partial charge in [0.25, 0.3) is 0 Å². The lowest BCUT2D eigenvalue weighted by Gasteiger charge is -2.26. The molecule has 1 aromatic heterocycles. The Kier molecular flexibility index (Phi) is 4.99. The highest BCUT2D eigenvalue weighted by atomic mass is 35.5. The van der Waals surface area contributed by atoms with Crippen LogP contribution in [0.4, 0.5) is 0 Å². The molecule has 0 amide bonds. The first-order chi connectivity index (χ1) is 9.67. The second-order valence-corrected chi connectivity index (χ2v) is 5.16. The minimum absolute atomic E-state index is 0.143. The smallest absolute Gasteiger partial charge is 0.125 e. The predicted molar refractivity (Wildman–Crippen MR) is 82.5 cm³/mol. The summed E-state index contributed by atoms with van der Waals surface area (Å²) in [6, 6.07) is 9.97. The van der Waals surface area contributed by atoms with Crippen LogP contribution in [0, 0.1) is 0 Å². The normalized spacial score (nSPS) is 13.8. The minimum Gasteiger partial charge on any atom is -0.496 e. The van der Waals surface area contributed by atoms with Gasteiger partial charge in [-0.15, -0.1) is 0 Å². The quantitative estimate of drug-likeness (QED) is 0.909. The molecule has 0 bridgehead atoms. The summed E-state index contributed by atoms with van der Waals surface area (Å²) in [5.41, 5.74) is 2.33. The number of ether oxygens (including phenoxy) is 1. The SMILES string of the molecule is CNC(c1ccc(Cl)cc1OC)C(C)c1ccncc1. The molecule has 0 saturated carbocycles. The van der Waals surface area contributed by atoms with Gasteiger partial charge in [-0.25, -0.2) is 0 Å². The standard InChI is InChI=1S/C16H19ClN2O/c1-11(12-6-8-19-9-7-12)16(18-2)14-5-4-13(17)10-15(14)20-3/h4-11,16,18H,1-3H3. The second-order valence-electron chi connectivity index (χ2n) is 4.72. The van der Waals surface area contributed by atoms with Gasteiger partial charge in [0.05, 0.1) is 7.11 Å². The summed E-state index contributed by atoms with van der Waals surface area (Å²) in [7, 11) is 3.62. The number of nitrogens with zero attached hydrogens (tertiary/aromatic N) is 1. The van der Waals surface area contributed by atoms with Crippen LogP contribution < -0.4 is 10.1 Å². The Morgan fingerprint density at radius 3 is 2.50 bits per heavy atom. The Balaban J connectivity index is 2.37. The van der Waals surface area contributed by atoms with E-state index in [1.807, 2.05) is 49.8 Å². The average Bonchev–Trinajstić information content (AvgIpc) is 2.50. The van der Waals surface area contributed by atoms with Crippen LogP contribution in [0.1, 0.15) is 30.0 Å². The molecule has 106 valence electrons. The molecule has 3 nitrogen and oxygen atoms in total. The minimum atomic E-state index is 0.143. The van der Waals surface area contributed by atoms with E-state index in [0.717, 1.165) is 11.3 Å². The van der Waals surface area contributed by atoms with Crippen LogP contribution in [0.3, 0.4) is 0 Å². The van der Waals surface area contributed by atoms with Crippen molar-refractivity contribution in [2.75, 3.05) is 14.2 Å². The molecule has 0 aliphatic rings.